The molecule has 7 heteroatoms. The Morgan fingerprint density at radius 3 is 2.89 bits per heavy atom. The fourth-order valence-electron chi connectivity index (χ4n) is 1.23. The Labute approximate surface area is 105 Å². The second kappa shape index (κ2) is 4.81. The first kappa shape index (κ1) is 12.0. The molecule has 0 bridgehead atoms. The molecule has 90 valence electrons. The first-order chi connectivity index (χ1) is 8.60. The van der Waals surface area contributed by atoms with Crippen LogP contribution in [0.15, 0.2) is 23.6 Å². The summed E-state index contributed by atoms with van der Waals surface area (Å²) >= 11 is 1.06. The second-order valence-corrected chi connectivity index (χ2v) is 4.13. The minimum Gasteiger partial charge on any atom is -0.476 e. The number of hydrogen-bond acceptors (Lipinski definition) is 5. The molecule has 0 radical (unpaired) electrons. The zero-order valence-electron chi connectivity index (χ0n) is 8.85. The van der Waals surface area contributed by atoms with Crippen molar-refractivity contribution >= 4 is 28.1 Å². The van der Waals surface area contributed by atoms with Crippen LogP contribution in [0.5, 0.6) is 0 Å². The van der Waals surface area contributed by atoms with E-state index in [9.17, 15) is 9.18 Å². The lowest BCUT2D eigenvalue weighted by atomic mass is 10.2. The van der Waals surface area contributed by atoms with Crippen molar-refractivity contribution in [1.29, 1.82) is 5.26 Å². The van der Waals surface area contributed by atoms with Gasteiger partial charge >= 0.3 is 5.97 Å². The summed E-state index contributed by atoms with van der Waals surface area (Å²) in [6.45, 7) is 0. The van der Waals surface area contributed by atoms with E-state index in [4.69, 9.17) is 10.4 Å². The Morgan fingerprint density at radius 2 is 2.33 bits per heavy atom. The van der Waals surface area contributed by atoms with Crippen molar-refractivity contribution in [3.05, 3.63) is 40.7 Å². The number of anilines is 2. The van der Waals surface area contributed by atoms with Crippen molar-refractivity contribution in [2.45, 2.75) is 0 Å². The van der Waals surface area contributed by atoms with Crippen LogP contribution >= 0.6 is 11.3 Å². The van der Waals surface area contributed by atoms with Crippen molar-refractivity contribution in [2.24, 2.45) is 0 Å². The number of nitrogens with one attached hydrogen (secondary N) is 1. The lowest BCUT2D eigenvalue weighted by molar-refractivity contribution is 0.0691. The van der Waals surface area contributed by atoms with Crippen LogP contribution in [-0.2, 0) is 0 Å². The van der Waals surface area contributed by atoms with Crippen LogP contribution in [0.2, 0.25) is 0 Å². The molecule has 1 heterocycles. The highest BCUT2D eigenvalue weighted by Gasteiger charge is 2.10. The third-order valence-electron chi connectivity index (χ3n) is 2.06. The molecule has 2 rings (SSSR count). The summed E-state index contributed by atoms with van der Waals surface area (Å²) in [5, 5.41) is 21.6. The standard InChI is InChI=1S/C11H6FN3O2S/c12-7-3-6(4-13)1-2-8(7)14-11-15-9(5-18-11)10(16)17/h1-3,5H,(H,14,15)(H,16,17). The number of aromatic nitrogens is 1. The number of hydrogen-bond donors (Lipinski definition) is 2. The van der Waals surface area contributed by atoms with E-state index in [1.165, 1.54) is 17.5 Å². The molecule has 0 fully saturated rings. The Kier molecular flexibility index (Phi) is 3.21. The number of nitriles is 1. The van der Waals surface area contributed by atoms with E-state index in [0.717, 1.165) is 17.4 Å². The molecular weight excluding hydrogens is 257 g/mol. The Balaban J connectivity index is 2.23. The van der Waals surface area contributed by atoms with Gasteiger partial charge in [-0.15, -0.1) is 11.3 Å². The Bertz CT molecular complexity index is 648. The molecule has 0 aliphatic carbocycles. The topological polar surface area (TPSA) is 86.0 Å². The van der Waals surface area contributed by atoms with Crippen molar-refractivity contribution in [3.63, 3.8) is 0 Å². The maximum Gasteiger partial charge on any atom is 0.355 e. The van der Waals surface area contributed by atoms with Crippen LogP contribution < -0.4 is 5.32 Å². The average molecular weight is 263 g/mol. The summed E-state index contributed by atoms with van der Waals surface area (Å²) in [5.74, 6) is -1.74. The lowest BCUT2D eigenvalue weighted by Gasteiger charge is -2.03. The highest BCUT2D eigenvalue weighted by atomic mass is 32.1. The number of benzene rings is 1. The zero-order chi connectivity index (χ0) is 13.1. The van der Waals surface area contributed by atoms with E-state index in [-0.39, 0.29) is 22.1 Å². The third kappa shape index (κ3) is 2.44. The maximum absolute atomic E-state index is 13.5. The van der Waals surface area contributed by atoms with Crippen LogP contribution in [0.4, 0.5) is 15.2 Å². The molecule has 1 aromatic carbocycles. The molecule has 0 atom stereocenters. The molecule has 0 aliphatic rings. The molecule has 18 heavy (non-hydrogen) atoms. The smallest absolute Gasteiger partial charge is 0.355 e. The van der Waals surface area contributed by atoms with Gasteiger partial charge in [-0.1, -0.05) is 0 Å². The first-order valence-corrected chi connectivity index (χ1v) is 5.63. The molecule has 0 aliphatic heterocycles. The van der Waals surface area contributed by atoms with Crippen LogP contribution in [0, 0.1) is 17.1 Å². The highest BCUT2D eigenvalue weighted by Crippen LogP contribution is 2.23. The Hall–Kier alpha value is -2.46. The predicted molar refractivity (Wildman–Crippen MR) is 63.5 cm³/mol. The van der Waals surface area contributed by atoms with Gasteiger partial charge in [0.25, 0.3) is 0 Å². The van der Waals surface area contributed by atoms with Crippen molar-refractivity contribution in [3.8, 4) is 6.07 Å². The number of rotatable bonds is 3. The van der Waals surface area contributed by atoms with Gasteiger partial charge in [0, 0.05) is 5.38 Å². The highest BCUT2D eigenvalue weighted by molar-refractivity contribution is 7.14. The van der Waals surface area contributed by atoms with Gasteiger partial charge < -0.3 is 10.4 Å². The van der Waals surface area contributed by atoms with E-state index in [2.05, 4.69) is 10.3 Å². The summed E-state index contributed by atoms with van der Waals surface area (Å²) in [4.78, 5) is 14.4. The molecule has 0 amide bonds. The summed E-state index contributed by atoms with van der Waals surface area (Å²) in [7, 11) is 0. The van der Waals surface area contributed by atoms with E-state index in [1.54, 1.807) is 0 Å². The number of nitrogens with zero attached hydrogens (tertiary/aromatic N) is 2. The third-order valence-corrected chi connectivity index (χ3v) is 2.82. The average Bonchev–Trinajstić information content (AvgIpc) is 2.80. The van der Waals surface area contributed by atoms with Crippen molar-refractivity contribution in [1.82, 2.24) is 4.98 Å². The van der Waals surface area contributed by atoms with Gasteiger partial charge in [0.15, 0.2) is 10.8 Å². The number of thiazole rings is 1. The number of carboxylic acid groups (broad SMARTS) is 1. The van der Waals surface area contributed by atoms with Gasteiger partial charge in [-0.3, -0.25) is 0 Å². The number of carboxylic acids is 1. The molecule has 0 saturated heterocycles. The van der Waals surface area contributed by atoms with E-state index < -0.39 is 11.8 Å². The molecule has 0 saturated carbocycles. The molecule has 1 aromatic heterocycles. The normalized spacial score (nSPS) is 9.78. The van der Waals surface area contributed by atoms with Crippen LogP contribution in [0.25, 0.3) is 0 Å². The first-order valence-electron chi connectivity index (χ1n) is 4.75. The number of halogens is 1. The zero-order valence-corrected chi connectivity index (χ0v) is 9.66. The minimum absolute atomic E-state index is 0.100. The van der Waals surface area contributed by atoms with Gasteiger partial charge in [0.05, 0.1) is 17.3 Å². The van der Waals surface area contributed by atoms with Gasteiger partial charge in [-0.25, -0.2) is 14.2 Å². The van der Waals surface area contributed by atoms with Gasteiger partial charge in [-0.2, -0.15) is 5.26 Å². The molecular formula is C11H6FN3O2S. The molecule has 2 N–H and O–H groups in total. The maximum atomic E-state index is 13.5. The molecule has 0 unspecified atom stereocenters. The number of aromatic carboxylic acids is 1. The number of carbonyl (C=O) groups is 1. The Morgan fingerprint density at radius 1 is 1.56 bits per heavy atom. The summed E-state index contributed by atoms with van der Waals surface area (Å²) in [6, 6.07) is 5.76. The SMILES string of the molecule is N#Cc1ccc(Nc2nc(C(=O)O)cs2)c(F)c1. The summed E-state index contributed by atoms with van der Waals surface area (Å²) in [6.07, 6.45) is 0. The van der Waals surface area contributed by atoms with Crippen LogP contribution in [0.3, 0.4) is 0 Å². The van der Waals surface area contributed by atoms with E-state index in [0.29, 0.717) is 0 Å². The van der Waals surface area contributed by atoms with Gasteiger partial charge in [-0.05, 0) is 18.2 Å². The van der Waals surface area contributed by atoms with E-state index in [1.807, 2.05) is 6.07 Å². The van der Waals surface area contributed by atoms with Crippen molar-refractivity contribution in [2.75, 3.05) is 5.32 Å². The minimum atomic E-state index is -1.14. The quantitative estimate of drug-likeness (QED) is 0.888. The molecule has 2 aromatic rings. The second-order valence-electron chi connectivity index (χ2n) is 3.27. The molecule has 0 spiro atoms. The molecule has 5 nitrogen and oxygen atoms in total. The van der Waals surface area contributed by atoms with Gasteiger partial charge in [0.2, 0.25) is 0 Å². The fraction of sp³-hybridized carbons (Fsp3) is 0. The van der Waals surface area contributed by atoms with E-state index >= 15 is 0 Å². The van der Waals surface area contributed by atoms with Gasteiger partial charge in [0.1, 0.15) is 5.82 Å². The van der Waals surface area contributed by atoms with Crippen LogP contribution in [-0.4, -0.2) is 16.1 Å². The monoisotopic (exact) mass is 263 g/mol. The van der Waals surface area contributed by atoms with Crippen LogP contribution in [0.1, 0.15) is 16.1 Å². The summed E-state index contributed by atoms with van der Waals surface area (Å²) < 4.78 is 13.5. The predicted octanol–water partition coefficient (Wildman–Crippen LogP) is 2.60. The lowest BCUT2D eigenvalue weighted by Crippen LogP contribution is -1.98. The summed E-state index contributed by atoms with van der Waals surface area (Å²) in [5.41, 5.74) is 0.250. The largest absolute Gasteiger partial charge is 0.476 e. The fourth-order valence-corrected chi connectivity index (χ4v) is 1.93. The van der Waals surface area contributed by atoms with Crippen molar-refractivity contribution < 1.29 is 14.3 Å².